The fraction of sp³-hybridized carbons (Fsp3) is 0.0526. The summed E-state index contributed by atoms with van der Waals surface area (Å²) >= 11 is 0. The molecule has 3 aliphatic carbocycles. The normalized spacial score (nSPS) is 16.8. The van der Waals surface area contributed by atoms with Crippen molar-refractivity contribution >= 4 is 127 Å². The maximum Gasteiger partial charge on any atom is 0.134 e. The van der Waals surface area contributed by atoms with Crippen molar-refractivity contribution < 1.29 is 20.4 Å². The first-order valence-electron chi connectivity index (χ1n) is 29.5. The summed E-state index contributed by atoms with van der Waals surface area (Å²) in [5.74, 6) is 0.255. The third-order valence-corrected chi connectivity index (χ3v) is 18.3. The molecular weight excluding hydrogens is 1090 g/mol. The van der Waals surface area contributed by atoms with Crippen molar-refractivity contribution in [1.82, 2.24) is 40.2 Å². The van der Waals surface area contributed by atoms with Gasteiger partial charge in [0.05, 0.1) is 44.5 Å². The van der Waals surface area contributed by atoms with Crippen LogP contribution in [-0.4, -0.2) is 67.5 Å². The van der Waals surface area contributed by atoms with Crippen LogP contribution >= 0.6 is 0 Å². The molecule has 0 spiro atoms. The van der Waals surface area contributed by atoms with Crippen LogP contribution in [0.5, 0.6) is 11.5 Å². The van der Waals surface area contributed by atoms with E-state index in [1.54, 1.807) is 0 Å². The van der Waals surface area contributed by atoms with Gasteiger partial charge in [-0.1, -0.05) is 134 Å². The number of nitrogens with one attached hydrogen (secondary N) is 4. The minimum atomic E-state index is -0.981. The van der Waals surface area contributed by atoms with Gasteiger partial charge in [0.1, 0.15) is 23.7 Å². The lowest BCUT2D eigenvalue weighted by Crippen LogP contribution is -2.25. The van der Waals surface area contributed by atoms with Crippen LogP contribution in [0.2, 0.25) is 0 Å². The highest BCUT2D eigenvalue weighted by Gasteiger charge is 2.28. The van der Waals surface area contributed by atoms with Gasteiger partial charge in [0.25, 0.3) is 0 Å². The van der Waals surface area contributed by atoms with Crippen LogP contribution in [-0.2, 0) is 6.42 Å². The number of aliphatic hydroxyl groups excluding tert-OH is 2. The molecule has 8 N–H and O–H groups in total. The molecule has 0 radical (unpaired) electrons. The molecule has 418 valence electrons. The van der Waals surface area contributed by atoms with Gasteiger partial charge in [0.15, 0.2) is 0 Å². The quantitative estimate of drug-likeness (QED) is 0.0778. The number of benzene rings is 5. The first-order chi connectivity index (χ1) is 43.2. The van der Waals surface area contributed by atoms with E-state index in [2.05, 4.69) is 81.0 Å². The number of aliphatic hydroxyl groups is 2. The predicted molar refractivity (Wildman–Crippen MR) is 353 cm³/mol. The average molecular weight is 1140 g/mol. The second-order valence-corrected chi connectivity index (χ2v) is 23.2. The van der Waals surface area contributed by atoms with Gasteiger partial charge < -0.3 is 40.7 Å². The zero-order valence-electron chi connectivity index (χ0n) is 46.9. The number of H-pyrrole nitrogens is 3. The number of pyridine rings is 4. The number of aromatic nitrogens is 7. The van der Waals surface area contributed by atoms with Gasteiger partial charge in [-0.25, -0.2) is 19.9 Å². The van der Waals surface area contributed by atoms with Crippen LogP contribution in [0.25, 0.3) is 138 Å². The Morgan fingerprint density at radius 2 is 1.00 bits per heavy atom. The molecule has 0 saturated carbocycles. The molecule has 2 unspecified atom stereocenters. The Kier molecular flexibility index (Phi) is 10.8. The Bertz CT molecular complexity index is 5870. The standard InChI is InChI=1S/C76H50N8O4/c85-73-47-5-1-9-51(73)59-25-21-39-13-14-40-22-26-60(82-70(40)69(39)81-59)52-10-2-6-48(74(52)86)56-30-34-64(78-56)67(63-33-29-55(47)77-63)45-19-17-44-38-46(20-18-43(44)37-45)68-65-35-31-57(79-65)49-7-3-11-53(75(49)87)61-27-23-41-15-16-42-24-28-62(84-72(42)71(41)83-61)54-12-4-8-50(76(54)88)58-32-36-66(68)80-58/h1-11,13-29,31-38,73-74,77-80,85-88H,12,30H2. The van der Waals surface area contributed by atoms with Crippen LogP contribution in [0, 0.1) is 0 Å². The van der Waals surface area contributed by atoms with Crippen LogP contribution in [0.4, 0.5) is 0 Å². The van der Waals surface area contributed by atoms with Crippen molar-refractivity contribution in [3.05, 3.63) is 268 Å². The van der Waals surface area contributed by atoms with Crippen LogP contribution in [0.3, 0.4) is 0 Å². The molecule has 5 aromatic carbocycles. The highest BCUT2D eigenvalue weighted by Crippen LogP contribution is 2.41. The molecule has 5 aliphatic rings. The van der Waals surface area contributed by atoms with Gasteiger partial charge in [0.2, 0.25) is 0 Å². The van der Waals surface area contributed by atoms with E-state index in [9.17, 15) is 20.4 Å². The van der Waals surface area contributed by atoms with E-state index in [0.717, 1.165) is 115 Å². The van der Waals surface area contributed by atoms with Gasteiger partial charge in [-0.05, 0) is 113 Å². The molecule has 88 heavy (non-hydrogen) atoms. The number of hydrogen-bond acceptors (Lipinski definition) is 9. The van der Waals surface area contributed by atoms with Gasteiger partial charge in [0, 0.05) is 127 Å². The third-order valence-electron chi connectivity index (χ3n) is 18.3. The fourth-order valence-electron chi connectivity index (χ4n) is 13.8. The zero-order valence-corrected chi connectivity index (χ0v) is 46.9. The molecule has 12 nitrogen and oxygen atoms in total. The van der Waals surface area contributed by atoms with Crippen molar-refractivity contribution in [2.75, 3.05) is 0 Å². The Hall–Kier alpha value is -11.4. The van der Waals surface area contributed by atoms with E-state index >= 15 is 0 Å². The molecular formula is C76H50N8O4. The van der Waals surface area contributed by atoms with E-state index in [1.807, 2.05) is 158 Å². The van der Waals surface area contributed by atoms with E-state index in [1.165, 1.54) is 0 Å². The molecule has 0 saturated heterocycles. The summed E-state index contributed by atoms with van der Waals surface area (Å²) in [5.41, 5.74) is 18.2. The average Bonchev–Trinajstić information content (AvgIpc) is 1.81. The first-order valence-corrected chi connectivity index (χ1v) is 29.5. The smallest absolute Gasteiger partial charge is 0.134 e. The summed E-state index contributed by atoms with van der Waals surface area (Å²) in [6.07, 6.45) is 17.1. The van der Waals surface area contributed by atoms with Crippen molar-refractivity contribution in [1.29, 1.82) is 0 Å². The number of phenolic OH excluding ortho intramolecular Hbond substituents is 1. The molecule has 10 heterocycles. The summed E-state index contributed by atoms with van der Waals surface area (Å²) in [6.45, 7) is 0. The summed E-state index contributed by atoms with van der Waals surface area (Å²) < 4.78 is 0. The zero-order chi connectivity index (χ0) is 58.5. The van der Waals surface area contributed by atoms with Gasteiger partial charge in [-0.2, -0.15) is 0 Å². The topological polar surface area (TPSA) is 192 Å². The third kappa shape index (κ3) is 7.72. The van der Waals surface area contributed by atoms with Gasteiger partial charge >= 0.3 is 0 Å². The van der Waals surface area contributed by atoms with Crippen LogP contribution < -0.4 is 16.0 Å². The summed E-state index contributed by atoms with van der Waals surface area (Å²) in [6, 6.07) is 55.0. The Labute approximate surface area is 500 Å². The van der Waals surface area contributed by atoms with E-state index in [-0.39, 0.29) is 11.5 Å². The highest BCUT2D eigenvalue weighted by molar-refractivity contribution is 6.08. The second-order valence-electron chi connectivity index (χ2n) is 23.2. The number of fused-ring (bicyclic) bond motifs is 27. The van der Waals surface area contributed by atoms with Gasteiger partial charge in [-0.15, -0.1) is 0 Å². The number of phenols is 1. The Morgan fingerprint density at radius 3 is 1.73 bits per heavy atom. The molecule has 24 bridgehead atoms. The Morgan fingerprint density at radius 1 is 0.443 bits per heavy atom. The number of aromatic hydroxyl groups is 2. The number of rotatable bonds is 2. The molecule has 2 atom stereocenters. The lowest BCUT2D eigenvalue weighted by Gasteiger charge is -2.22. The summed E-state index contributed by atoms with van der Waals surface area (Å²) in [5, 5.41) is 61.3. The molecule has 12 heteroatoms. The lowest BCUT2D eigenvalue weighted by molar-refractivity contribution is 0.269. The summed E-state index contributed by atoms with van der Waals surface area (Å²) in [7, 11) is 0. The number of aromatic amines is 3. The number of hydrogen-bond donors (Lipinski definition) is 8. The predicted octanol–water partition coefficient (Wildman–Crippen LogP) is 13.8. The van der Waals surface area contributed by atoms with Crippen LogP contribution in [0.1, 0.15) is 34.5 Å². The van der Waals surface area contributed by atoms with Crippen LogP contribution in [0.15, 0.2) is 229 Å². The van der Waals surface area contributed by atoms with Crippen molar-refractivity contribution in [2.24, 2.45) is 0 Å². The molecule has 13 aromatic rings. The first kappa shape index (κ1) is 49.9. The monoisotopic (exact) mass is 1140 g/mol. The van der Waals surface area contributed by atoms with E-state index in [4.69, 9.17) is 19.9 Å². The SMILES string of the molecule is Oc1c2c3ccc4ccc5ccc(nc5c4n3)c3cccc(c3O)c3ccc([nH]3)c(-c3ccc4cc(C5=c6ccc([nH]6)=C6C=CC=C(c7ccc8ccc9ccc(nc9c8n7)C7=CC=CC(=C8CC=C5N8)C7O)C6O)ccc4c3)c3ccc([nH]3)c1C=CC2. The largest absolute Gasteiger partial charge is 0.507 e. The van der Waals surface area contributed by atoms with Crippen molar-refractivity contribution in [2.45, 2.75) is 25.0 Å². The minimum Gasteiger partial charge on any atom is -0.507 e. The molecule has 0 fully saturated rings. The van der Waals surface area contributed by atoms with E-state index in [0.29, 0.717) is 84.9 Å². The fourth-order valence-corrected chi connectivity index (χ4v) is 13.8. The Balaban J connectivity index is 0.813. The summed E-state index contributed by atoms with van der Waals surface area (Å²) in [4.78, 5) is 31.9. The van der Waals surface area contributed by atoms with Crippen molar-refractivity contribution in [3.8, 4) is 22.6 Å². The molecule has 18 rings (SSSR count). The highest BCUT2D eigenvalue weighted by atomic mass is 16.3. The lowest BCUT2D eigenvalue weighted by atomic mass is 9.91. The number of nitrogens with zero attached hydrogens (tertiary/aromatic N) is 4. The maximum atomic E-state index is 12.3. The molecule has 0 amide bonds. The van der Waals surface area contributed by atoms with Crippen molar-refractivity contribution in [3.63, 3.8) is 0 Å². The molecule has 8 aromatic heterocycles. The number of allylic oxidation sites excluding steroid dienone is 7. The van der Waals surface area contributed by atoms with Gasteiger partial charge in [-0.3, -0.25) is 0 Å². The van der Waals surface area contributed by atoms with E-state index < -0.39 is 12.2 Å². The second kappa shape index (κ2) is 19.0. The minimum absolute atomic E-state index is 0.102. The number of para-hydroxylation sites is 1. The maximum absolute atomic E-state index is 12.3. The molecule has 2 aliphatic heterocycles.